The number of nitrogens with one attached hydrogen (secondary N) is 1. The number of carboxylic acids is 1. The van der Waals surface area contributed by atoms with Crippen molar-refractivity contribution < 1.29 is 29.0 Å². The van der Waals surface area contributed by atoms with Crippen LogP contribution in [-0.2, 0) is 19.1 Å². The zero-order valence-electron chi connectivity index (χ0n) is 17.9. The van der Waals surface area contributed by atoms with Crippen LogP contribution in [0, 0.1) is 0 Å². The molecule has 0 aromatic carbocycles. The number of amides is 3. The van der Waals surface area contributed by atoms with Crippen molar-refractivity contribution in [3.63, 3.8) is 0 Å². The molecule has 0 saturated carbocycles. The Morgan fingerprint density at radius 3 is 2.38 bits per heavy atom. The number of ether oxygens (including phenoxy) is 1. The lowest BCUT2D eigenvalue weighted by molar-refractivity contribution is -0.151. The lowest BCUT2D eigenvalue weighted by Crippen LogP contribution is -2.57. The SMILES string of the molecule is C[C@@H](C(=O)N[C@H]1CCCCC2CC[C@@H](C(=O)O)N2C1=O)N(C)C(=O)OC(C)(C)C. The lowest BCUT2D eigenvalue weighted by Gasteiger charge is -2.35. The summed E-state index contributed by atoms with van der Waals surface area (Å²) in [6.07, 6.45) is 3.35. The van der Waals surface area contributed by atoms with Crippen molar-refractivity contribution in [1.82, 2.24) is 15.1 Å². The molecule has 2 aliphatic rings. The van der Waals surface area contributed by atoms with Gasteiger partial charge in [-0.25, -0.2) is 9.59 Å². The minimum atomic E-state index is -1.01. The maximum Gasteiger partial charge on any atom is 0.410 e. The maximum atomic E-state index is 13.1. The van der Waals surface area contributed by atoms with Gasteiger partial charge < -0.3 is 20.1 Å². The molecule has 0 bridgehead atoms. The summed E-state index contributed by atoms with van der Waals surface area (Å²) < 4.78 is 5.28. The van der Waals surface area contributed by atoms with Gasteiger partial charge in [0.25, 0.3) is 0 Å². The molecular weight excluding hydrogens is 378 g/mol. The van der Waals surface area contributed by atoms with Crippen LogP contribution >= 0.6 is 0 Å². The predicted molar refractivity (Wildman–Crippen MR) is 105 cm³/mol. The van der Waals surface area contributed by atoms with Crippen LogP contribution in [0.15, 0.2) is 0 Å². The fourth-order valence-corrected chi connectivity index (χ4v) is 3.87. The molecule has 0 aliphatic carbocycles. The van der Waals surface area contributed by atoms with Gasteiger partial charge in [-0.15, -0.1) is 0 Å². The zero-order valence-corrected chi connectivity index (χ0v) is 17.9. The molecule has 9 nitrogen and oxygen atoms in total. The summed E-state index contributed by atoms with van der Waals surface area (Å²) in [5, 5.41) is 12.2. The molecule has 1 unspecified atom stereocenters. The van der Waals surface area contributed by atoms with Crippen molar-refractivity contribution in [3.8, 4) is 0 Å². The van der Waals surface area contributed by atoms with Gasteiger partial charge in [-0.2, -0.15) is 0 Å². The second kappa shape index (κ2) is 9.00. The Bertz CT molecular complexity index is 659. The van der Waals surface area contributed by atoms with Crippen LogP contribution in [0.1, 0.15) is 66.2 Å². The molecule has 0 spiro atoms. The first kappa shape index (κ1) is 23.0. The second-order valence-electron chi connectivity index (χ2n) is 8.94. The number of rotatable bonds is 4. The van der Waals surface area contributed by atoms with E-state index in [2.05, 4.69) is 5.32 Å². The second-order valence-corrected chi connectivity index (χ2v) is 8.94. The van der Waals surface area contributed by atoms with E-state index < -0.39 is 41.7 Å². The minimum Gasteiger partial charge on any atom is -0.480 e. The number of hydrogen-bond acceptors (Lipinski definition) is 5. The molecule has 2 N–H and O–H groups in total. The number of carbonyl (C=O) groups excluding carboxylic acids is 3. The molecule has 29 heavy (non-hydrogen) atoms. The molecule has 2 rings (SSSR count). The summed E-state index contributed by atoms with van der Waals surface area (Å²) in [6.45, 7) is 6.78. The van der Waals surface area contributed by atoms with Gasteiger partial charge in [0.1, 0.15) is 23.7 Å². The molecule has 0 radical (unpaired) electrons. The van der Waals surface area contributed by atoms with E-state index in [1.807, 2.05) is 0 Å². The average Bonchev–Trinajstić information content (AvgIpc) is 3.03. The van der Waals surface area contributed by atoms with Gasteiger partial charge in [-0.1, -0.05) is 12.8 Å². The highest BCUT2D eigenvalue weighted by Crippen LogP contribution is 2.31. The Hall–Kier alpha value is -2.32. The highest BCUT2D eigenvalue weighted by Gasteiger charge is 2.44. The first-order valence-electron chi connectivity index (χ1n) is 10.2. The highest BCUT2D eigenvalue weighted by molar-refractivity contribution is 5.93. The third kappa shape index (κ3) is 5.61. The molecule has 9 heteroatoms. The van der Waals surface area contributed by atoms with Crippen LogP contribution in [0.5, 0.6) is 0 Å². The number of aliphatic carboxylic acids is 1. The molecule has 2 heterocycles. The van der Waals surface area contributed by atoms with E-state index in [0.29, 0.717) is 19.3 Å². The van der Waals surface area contributed by atoms with E-state index in [-0.39, 0.29) is 11.9 Å². The Morgan fingerprint density at radius 2 is 1.79 bits per heavy atom. The van der Waals surface area contributed by atoms with E-state index in [4.69, 9.17) is 4.74 Å². The van der Waals surface area contributed by atoms with Gasteiger partial charge in [-0.05, 0) is 53.4 Å². The number of hydrogen-bond donors (Lipinski definition) is 2. The molecule has 0 aromatic rings. The molecular formula is C20H33N3O6. The minimum absolute atomic E-state index is 0.0924. The fraction of sp³-hybridized carbons (Fsp3) is 0.800. The molecule has 2 fully saturated rings. The summed E-state index contributed by atoms with van der Waals surface area (Å²) in [7, 11) is 1.47. The molecule has 164 valence electrons. The standard InChI is InChI=1S/C20H33N3O6/c1-12(22(5)19(28)29-20(2,3)4)16(24)21-14-9-7-6-8-13-10-11-15(18(26)27)23(13)17(14)25/h12-15H,6-11H2,1-5H3,(H,21,24)(H,26,27)/t12-,13?,14-,15-/m0/s1. The smallest absolute Gasteiger partial charge is 0.410 e. The summed E-state index contributed by atoms with van der Waals surface area (Å²) in [5.74, 6) is -1.83. The average molecular weight is 411 g/mol. The van der Waals surface area contributed by atoms with Gasteiger partial charge in [0, 0.05) is 13.1 Å². The number of fused-ring (bicyclic) bond motifs is 1. The molecule has 3 amide bonds. The van der Waals surface area contributed by atoms with E-state index in [1.54, 1.807) is 27.7 Å². The van der Waals surface area contributed by atoms with E-state index in [1.165, 1.54) is 16.8 Å². The third-order valence-corrected chi connectivity index (χ3v) is 5.58. The normalized spacial score (nSPS) is 26.0. The van der Waals surface area contributed by atoms with Crippen LogP contribution in [-0.4, -0.2) is 75.6 Å². The predicted octanol–water partition coefficient (Wildman–Crippen LogP) is 1.74. The van der Waals surface area contributed by atoms with Gasteiger partial charge in [0.15, 0.2) is 0 Å². The quantitative estimate of drug-likeness (QED) is 0.728. The number of carboxylic acid groups (broad SMARTS) is 1. The number of likely N-dealkylation sites (N-methyl/N-ethyl adjacent to an activating group) is 1. The molecule has 4 atom stereocenters. The van der Waals surface area contributed by atoms with Crippen LogP contribution in [0.4, 0.5) is 4.79 Å². The van der Waals surface area contributed by atoms with Crippen molar-refractivity contribution in [2.24, 2.45) is 0 Å². The van der Waals surface area contributed by atoms with E-state index in [0.717, 1.165) is 19.3 Å². The van der Waals surface area contributed by atoms with Gasteiger partial charge in [-0.3, -0.25) is 14.5 Å². The monoisotopic (exact) mass is 411 g/mol. The van der Waals surface area contributed by atoms with Gasteiger partial charge >= 0.3 is 12.1 Å². The fourth-order valence-electron chi connectivity index (χ4n) is 3.87. The third-order valence-electron chi connectivity index (χ3n) is 5.58. The Morgan fingerprint density at radius 1 is 1.17 bits per heavy atom. The summed E-state index contributed by atoms with van der Waals surface area (Å²) in [6, 6.07) is -2.57. The van der Waals surface area contributed by atoms with Crippen LogP contribution < -0.4 is 5.32 Å². The highest BCUT2D eigenvalue weighted by atomic mass is 16.6. The van der Waals surface area contributed by atoms with Crippen LogP contribution in [0.25, 0.3) is 0 Å². The number of nitrogens with zero attached hydrogens (tertiary/aromatic N) is 2. The lowest BCUT2D eigenvalue weighted by atomic mass is 9.98. The zero-order chi connectivity index (χ0) is 21.9. The van der Waals surface area contributed by atoms with E-state index in [9.17, 15) is 24.3 Å². The van der Waals surface area contributed by atoms with Gasteiger partial charge in [0.05, 0.1) is 0 Å². The maximum absolute atomic E-state index is 13.1. The van der Waals surface area contributed by atoms with Gasteiger partial charge in [0.2, 0.25) is 11.8 Å². The van der Waals surface area contributed by atoms with Crippen molar-refractivity contribution in [2.45, 2.75) is 96.0 Å². The Labute approximate surface area is 171 Å². The number of carbonyl (C=O) groups is 4. The summed E-state index contributed by atoms with van der Waals surface area (Å²) in [4.78, 5) is 52.2. The molecule has 2 saturated heterocycles. The van der Waals surface area contributed by atoms with Crippen molar-refractivity contribution in [2.75, 3.05) is 7.05 Å². The van der Waals surface area contributed by atoms with Crippen LogP contribution in [0.2, 0.25) is 0 Å². The molecule has 2 aliphatic heterocycles. The Kier molecular flexibility index (Phi) is 7.13. The summed E-state index contributed by atoms with van der Waals surface area (Å²) in [5.41, 5.74) is -0.687. The van der Waals surface area contributed by atoms with Crippen molar-refractivity contribution in [3.05, 3.63) is 0 Å². The molecule has 0 aromatic heterocycles. The topological polar surface area (TPSA) is 116 Å². The first-order valence-corrected chi connectivity index (χ1v) is 10.2. The summed E-state index contributed by atoms with van der Waals surface area (Å²) >= 11 is 0. The van der Waals surface area contributed by atoms with Crippen molar-refractivity contribution >= 4 is 23.9 Å². The first-order chi connectivity index (χ1) is 13.4. The largest absolute Gasteiger partial charge is 0.480 e. The van der Waals surface area contributed by atoms with Crippen LogP contribution in [0.3, 0.4) is 0 Å². The van der Waals surface area contributed by atoms with Crippen molar-refractivity contribution in [1.29, 1.82) is 0 Å². The Balaban J connectivity index is 2.08. The van der Waals surface area contributed by atoms with E-state index >= 15 is 0 Å².